The van der Waals surface area contributed by atoms with Crippen LogP contribution in [0.2, 0.25) is 0 Å². The molecule has 0 aliphatic carbocycles. The van der Waals surface area contributed by atoms with Gasteiger partial charge in [-0.25, -0.2) is 9.48 Å². The molecular weight excluding hydrogens is 384 g/mol. The van der Waals surface area contributed by atoms with Crippen LogP contribution in [0.3, 0.4) is 0 Å². The summed E-state index contributed by atoms with van der Waals surface area (Å²) in [7, 11) is 0. The molecule has 0 atom stereocenters. The number of nitrogens with zero attached hydrogens (tertiary/aromatic N) is 4. The standard InChI is InChI=1S/C22H16N4O4/c27-21(30-20-12-8-18(9-13-20)26-15-23-24-25-26)14-29-19-10-6-17(7-11-19)22(28)16-4-2-1-3-5-16/h1-13,15H,14H2. The Hall–Kier alpha value is -4.33. The maximum atomic E-state index is 12.4. The number of aromatic nitrogens is 4. The third-order valence-corrected chi connectivity index (χ3v) is 4.19. The fraction of sp³-hybridized carbons (Fsp3) is 0.0455. The van der Waals surface area contributed by atoms with E-state index < -0.39 is 5.97 Å². The zero-order valence-electron chi connectivity index (χ0n) is 15.7. The molecule has 0 N–H and O–H groups in total. The van der Waals surface area contributed by atoms with Gasteiger partial charge in [-0.3, -0.25) is 4.79 Å². The minimum absolute atomic E-state index is 0.0771. The number of carbonyl (C=O) groups is 2. The molecule has 0 unspecified atom stereocenters. The van der Waals surface area contributed by atoms with Crippen molar-refractivity contribution in [3.05, 3.63) is 96.3 Å². The quantitative estimate of drug-likeness (QED) is 0.267. The molecule has 0 saturated heterocycles. The number of ether oxygens (including phenoxy) is 2. The highest BCUT2D eigenvalue weighted by molar-refractivity contribution is 6.08. The molecule has 148 valence electrons. The van der Waals surface area contributed by atoms with Gasteiger partial charge in [0.25, 0.3) is 0 Å². The van der Waals surface area contributed by atoms with Gasteiger partial charge < -0.3 is 9.47 Å². The maximum Gasteiger partial charge on any atom is 0.349 e. The van der Waals surface area contributed by atoms with Crippen LogP contribution in [-0.4, -0.2) is 38.6 Å². The first-order valence-electron chi connectivity index (χ1n) is 9.06. The van der Waals surface area contributed by atoms with Crippen molar-refractivity contribution in [3.63, 3.8) is 0 Å². The average molecular weight is 400 g/mol. The smallest absolute Gasteiger partial charge is 0.349 e. The molecule has 0 aliphatic heterocycles. The largest absolute Gasteiger partial charge is 0.482 e. The number of esters is 1. The van der Waals surface area contributed by atoms with Crippen molar-refractivity contribution < 1.29 is 19.1 Å². The van der Waals surface area contributed by atoms with Gasteiger partial charge in [0.15, 0.2) is 12.4 Å². The first-order chi connectivity index (χ1) is 14.7. The minimum atomic E-state index is -0.547. The first-order valence-corrected chi connectivity index (χ1v) is 9.06. The predicted molar refractivity (Wildman–Crippen MR) is 107 cm³/mol. The molecule has 0 bridgehead atoms. The second-order valence-electron chi connectivity index (χ2n) is 6.23. The van der Waals surface area contributed by atoms with Crippen molar-refractivity contribution in [2.45, 2.75) is 0 Å². The van der Waals surface area contributed by atoms with Crippen molar-refractivity contribution in [2.75, 3.05) is 6.61 Å². The number of carbonyl (C=O) groups excluding carboxylic acids is 2. The van der Waals surface area contributed by atoms with Crippen LogP contribution in [-0.2, 0) is 4.79 Å². The topological polar surface area (TPSA) is 96.2 Å². The molecule has 3 aromatic carbocycles. The highest BCUT2D eigenvalue weighted by atomic mass is 16.6. The molecule has 1 aromatic heterocycles. The summed E-state index contributed by atoms with van der Waals surface area (Å²) in [5, 5.41) is 10.9. The summed E-state index contributed by atoms with van der Waals surface area (Å²) in [4.78, 5) is 24.4. The zero-order valence-corrected chi connectivity index (χ0v) is 15.7. The molecule has 30 heavy (non-hydrogen) atoms. The van der Waals surface area contributed by atoms with E-state index in [4.69, 9.17) is 9.47 Å². The number of hydrogen-bond acceptors (Lipinski definition) is 7. The summed E-state index contributed by atoms with van der Waals surface area (Å²) in [5.74, 6) is 0.219. The van der Waals surface area contributed by atoms with E-state index in [0.717, 1.165) is 5.69 Å². The van der Waals surface area contributed by atoms with Gasteiger partial charge in [0.05, 0.1) is 5.69 Å². The van der Waals surface area contributed by atoms with Crippen LogP contribution in [0.15, 0.2) is 85.2 Å². The van der Waals surface area contributed by atoms with Gasteiger partial charge in [-0.2, -0.15) is 0 Å². The van der Waals surface area contributed by atoms with E-state index in [0.29, 0.717) is 22.6 Å². The van der Waals surface area contributed by atoms with Gasteiger partial charge in [-0.05, 0) is 59.0 Å². The highest BCUT2D eigenvalue weighted by Gasteiger charge is 2.10. The third-order valence-electron chi connectivity index (χ3n) is 4.19. The molecular formula is C22H16N4O4. The Labute approximate surface area is 171 Å². The summed E-state index contributed by atoms with van der Waals surface area (Å²) >= 11 is 0. The van der Waals surface area contributed by atoms with Crippen LogP contribution >= 0.6 is 0 Å². The molecule has 8 heteroatoms. The lowest BCUT2D eigenvalue weighted by atomic mass is 10.0. The molecule has 0 radical (unpaired) electrons. The van der Waals surface area contributed by atoms with Gasteiger partial charge in [0.1, 0.15) is 17.8 Å². The van der Waals surface area contributed by atoms with E-state index in [1.54, 1.807) is 60.7 Å². The van der Waals surface area contributed by atoms with Crippen molar-refractivity contribution in [2.24, 2.45) is 0 Å². The number of ketones is 1. The fourth-order valence-electron chi connectivity index (χ4n) is 2.71. The normalized spacial score (nSPS) is 10.4. The monoisotopic (exact) mass is 400 g/mol. The number of tetrazole rings is 1. The van der Waals surface area contributed by atoms with Crippen LogP contribution in [0.25, 0.3) is 5.69 Å². The Bertz CT molecular complexity index is 1130. The lowest BCUT2D eigenvalue weighted by Gasteiger charge is -2.08. The molecule has 4 rings (SSSR count). The lowest BCUT2D eigenvalue weighted by Crippen LogP contribution is -2.17. The average Bonchev–Trinajstić information content (AvgIpc) is 3.34. The molecule has 0 fully saturated rings. The summed E-state index contributed by atoms with van der Waals surface area (Å²) in [6, 6.07) is 22.3. The van der Waals surface area contributed by atoms with Crippen molar-refractivity contribution in [1.29, 1.82) is 0 Å². The Balaban J connectivity index is 1.30. The second kappa shape index (κ2) is 8.78. The second-order valence-corrected chi connectivity index (χ2v) is 6.23. The van der Waals surface area contributed by atoms with Crippen LogP contribution < -0.4 is 9.47 Å². The Morgan fingerprint density at radius 2 is 1.47 bits per heavy atom. The van der Waals surface area contributed by atoms with E-state index in [9.17, 15) is 9.59 Å². The van der Waals surface area contributed by atoms with Crippen LogP contribution in [0.4, 0.5) is 0 Å². The molecule has 8 nitrogen and oxygen atoms in total. The summed E-state index contributed by atoms with van der Waals surface area (Å²) in [6.07, 6.45) is 1.47. The van der Waals surface area contributed by atoms with Gasteiger partial charge in [-0.1, -0.05) is 30.3 Å². The van der Waals surface area contributed by atoms with E-state index in [1.165, 1.54) is 11.0 Å². The van der Waals surface area contributed by atoms with Crippen LogP contribution in [0.1, 0.15) is 15.9 Å². The highest BCUT2D eigenvalue weighted by Crippen LogP contribution is 2.17. The predicted octanol–water partition coefficient (Wildman–Crippen LogP) is 2.88. The Morgan fingerprint density at radius 3 is 2.13 bits per heavy atom. The fourth-order valence-corrected chi connectivity index (χ4v) is 2.71. The van der Waals surface area contributed by atoms with Crippen molar-refractivity contribution in [3.8, 4) is 17.2 Å². The van der Waals surface area contributed by atoms with E-state index >= 15 is 0 Å². The number of hydrogen-bond donors (Lipinski definition) is 0. The van der Waals surface area contributed by atoms with Gasteiger partial charge in [-0.15, -0.1) is 5.10 Å². The molecule has 0 amide bonds. The molecule has 0 spiro atoms. The number of benzene rings is 3. The van der Waals surface area contributed by atoms with E-state index in [-0.39, 0.29) is 12.4 Å². The van der Waals surface area contributed by atoms with E-state index in [2.05, 4.69) is 15.5 Å². The van der Waals surface area contributed by atoms with E-state index in [1.807, 2.05) is 18.2 Å². The number of rotatable bonds is 7. The molecule has 1 heterocycles. The van der Waals surface area contributed by atoms with Crippen LogP contribution in [0.5, 0.6) is 11.5 Å². The summed E-state index contributed by atoms with van der Waals surface area (Å²) < 4.78 is 12.2. The molecule has 0 saturated carbocycles. The van der Waals surface area contributed by atoms with Crippen molar-refractivity contribution >= 4 is 11.8 Å². The summed E-state index contributed by atoms with van der Waals surface area (Å²) in [5.41, 5.74) is 1.89. The molecule has 0 aliphatic rings. The Morgan fingerprint density at radius 1 is 0.800 bits per heavy atom. The van der Waals surface area contributed by atoms with Gasteiger partial charge in [0.2, 0.25) is 0 Å². The Kier molecular flexibility index (Phi) is 5.56. The summed E-state index contributed by atoms with van der Waals surface area (Å²) in [6.45, 7) is -0.263. The maximum absolute atomic E-state index is 12.4. The van der Waals surface area contributed by atoms with Crippen LogP contribution in [0, 0.1) is 0 Å². The SMILES string of the molecule is O=C(COc1ccc(C(=O)c2ccccc2)cc1)Oc1ccc(-n2cnnn2)cc1. The zero-order chi connectivity index (χ0) is 20.8. The minimum Gasteiger partial charge on any atom is -0.482 e. The molecule has 4 aromatic rings. The van der Waals surface area contributed by atoms with Gasteiger partial charge >= 0.3 is 5.97 Å². The lowest BCUT2D eigenvalue weighted by molar-refractivity contribution is -0.136. The first kappa shape index (κ1) is 19.0. The van der Waals surface area contributed by atoms with Crippen molar-refractivity contribution in [1.82, 2.24) is 20.2 Å². The third kappa shape index (κ3) is 4.56. The van der Waals surface area contributed by atoms with Gasteiger partial charge in [0, 0.05) is 11.1 Å².